The molecule has 26 heavy (non-hydrogen) atoms. The number of hydrogen-bond acceptors (Lipinski definition) is 6. The van der Waals surface area contributed by atoms with Crippen molar-refractivity contribution in [3.63, 3.8) is 0 Å². The molecule has 1 saturated heterocycles. The van der Waals surface area contributed by atoms with Gasteiger partial charge in [0, 0.05) is 28.7 Å². The van der Waals surface area contributed by atoms with Gasteiger partial charge in [-0.05, 0) is 12.5 Å². The number of hydrogen-bond donors (Lipinski definition) is 2. The van der Waals surface area contributed by atoms with Gasteiger partial charge in [-0.25, -0.2) is 4.57 Å². The predicted octanol–water partition coefficient (Wildman–Crippen LogP) is -1.08. The van der Waals surface area contributed by atoms with Crippen LogP contribution < -0.4 is 9.67 Å². The molecular formula is C18H22N2O5S. The molecule has 1 aromatic rings. The van der Waals surface area contributed by atoms with Gasteiger partial charge in [0.25, 0.3) is 0 Å². The number of β-lactam (4-membered cyclic amide) rings is 1. The van der Waals surface area contributed by atoms with Crippen LogP contribution in [0.25, 0.3) is 0 Å². The number of aliphatic hydroxyl groups excluding tert-OH is 2. The lowest BCUT2D eigenvalue weighted by atomic mass is 9.78. The number of carboxylic acids is 1. The van der Waals surface area contributed by atoms with E-state index in [2.05, 4.69) is 0 Å². The van der Waals surface area contributed by atoms with Crippen LogP contribution in [-0.2, 0) is 16.1 Å². The largest absolute Gasteiger partial charge is 0.543 e. The summed E-state index contributed by atoms with van der Waals surface area (Å²) in [6.45, 7) is 4.03. The van der Waals surface area contributed by atoms with Crippen LogP contribution in [0.2, 0.25) is 0 Å². The van der Waals surface area contributed by atoms with Crippen molar-refractivity contribution in [3.8, 4) is 0 Å². The number of aromatic nitrogens is 1. The molecule has 0 saturated carbocycles. The van der Waals surface area contributed by atoms with Crippen LogP contribution in [0.3, 0.4) is 0 Å². The summed E-state index contributed by atoms with van der Waals surface area (Å²) < 4.78 is 1.85. The van der Waals surface area contributed by atoms with E-state index < -0.39 is 18.0 Å². The Hall–Kier alpha value is -1.90. The van der Waals surface area contributed by atoms with E-state index >= 15 is 0 Å². The number of rotatable bonds is 7. The van der Waals surface area contributed by atoms with Crippen molar-refractivity contribution < 1.29 is 29.5 Å². The van der Waals surface area contributed by atoms with Gasteiger partial charge in [-0.2, -0.15) is 0 Å². The third-order valence-electron chi connectivity index (χ3n) is 5.12. The van der Waals surface area contributed by atoms with Crippen LogP contribution in [0, 0.1) is 11.8 Å². The molecule has 2 aliphatic heterocycles. The van der Waals surface area contributed by atoms with Gasteiger partial charge >= 0.3 is 0 Å². The monoisotopic (exact) mass is 378 g/mol. The highest BCUT2D eigenvalue weighted by Gasteiger charge is 2.58. The predicted molar refractivity (Wildman–Crippen MR) is 91.4 cm³/mol. The third kappa shape index (κ3) is 3.13. The first-order valence-electron chi connectivity index (χ1n) is 8.55. The average Bonchev–Trinajstić information content (AvgIpc) is 2.83. The molecule has 8 heteroatoms. The first-order chi connectivity index (χ1) is 12.4. The topological polar surface area (TPSA) is 105 Å². The number of amides is 1. The molecule has 0 bridgehead atoms. The van der Waals surface area contributed by atoms with E-state index in [1.165, 1.54) is 16.7 Å². The first kappa shape index (κ1) is 18.9. The number of pyridine rings is 1. The Bertz CT molecular complexity index is 746. The Balaban J connectivity index is 1.77. The van der Waals surface area contributed by atoms with Crippen molar-refractivity contribution in [1.82, 2.24) is 4.90 Å². The summed E-state index contributed by atoms with van der Waals surface area (Å²) >= 11 is 1.49. The van der Waals surface area contributed by atoms with E-state index in [0.717, 1.165) is 4.90 Å². The fourth-order valence-electron chi connectivity index (χ4n) is 3.79. The summed E-state index contributed by atoms with van der Waals surface area (Å²) in [5, 5.41) is 30.4. The maximum absolute atomic E-state index is 12.3. The number of thioether (sulfide) groups is 1. The molecule has 2 aliphatic rings. The van der Waals surface area contributed by atoms with Gasteiger partial charge < -0.3 is 25.0 Å². The van der Waals surface area contributed by atoms with Gasteiger partial charge in [-0.15, -0.1) is 11.8 Å². The molecular weight excluding hydrogens is 356 g/mol. The maximum Gasteiger partial charge on any atom is 0.235 e. The highest BCUT2D eigenvalue weighted by Crippen LogP contribution is 2.47. The second kappa shape index (κ2) is 7.38. The summed E-state index contributed by atoms with van der Waals surface area (Å²) in [6, 6.07) is 3.49. The van der Waals surface area contributed by atoms with Gasteiger partial charge in [0.1, 0.15) is 6.61 Å². The molecule has 3 heterocycles. The lowest BCUT2D eigenvalue weighted by Gasteiger charge is -2.47. The Morgan fingerprint density at radius 2 is 2.08 bits per heavy atom. The average molecular weight is 378 g/mol. The highest BCUT2D eigenvalue weighted by atomic mass is 32.2. The summed E-state index contributed by atoms with van der Waals surface area (Å²) in [6.07, 6.45) is 2.90. The molecule has 1 aromatic heterocycles. The van der Waals surface area contributed by atoms with Crippen molar-refractivity contribution in [2.24, 2.45) is 11.8 Å². The normalized spacial score (nSPS) is 25.9. The number of carboxylic acid groups (broad SMARTS) is 1. The summed E-state index contributed by atoms with van der Waals surface area (Å²) in [7, 11) is 0. The number of aliphatic carboxylic acids is 1. The van der Waals surface area contributed by atoms with E-state index in [1.807, 2.05) is 36.0 Å². The van der Waals surface area contributed by atoms with Crippen molar-refractivity contribution >= 4 is 23.6 Å². The molecule has 140 valence electrons. The molecule has 1 amide bonds. The third-order valence-corrected chi connectivity index (χ3v) is 6.18. The molecule has 1 fully saturated rings. The minimum Gasteiger partial charge on any atom is -0.543 e. The smallest absolute Gasteiger partial charge is 0.235 e. The van der Waals surface area contributed by atoms with Crippen molar-refractivity contribution in [2.45, 2.75) is 37.4 Å². The van der Waals surface area contributed by atoms with Crippen molar-refractivity contribution in [1.29, 1.82) is 0 Å². The summed E-state index contributed by atoms with van der Waals surface area (Å²) in [4.78, 5) is 26.2. The molecule has 0 aliphatic carbocycles. The fraction of sp³-hybridized carbons (Fsp3) is 0.500. The standard InChI is InChI=1S/C18H22N2O5S/c1-10-13(9-26-12-3-5-19(6-4-12)7-8-21)16(18(24)25)20-15(10)14(11(2)22)17(20)23/h3-6,10-11,14-15,21-22H,7-9H2,1-2H3/t10-,11+,14+,15+/m0/s1. The quantitative estimate of drug-likeness (QED) is 0.355. The van der Waals surface area contributed by atoms with E-state index in [4.69, 9.17) is 5.11 Å². The van der Waals surface area contributed by atoms with Crippen LogP contribution in [0.5, 0.6) is 0 Å². The molecule has 0 aromatic carbocycles. The van der Waals surface area contributed by atoms with Crippen LogP contribution in [-0.4, -0.2) is 51.5 Å². The Morgan fingerprint density at radius 3 is 2.62 bits per heavy atom. The van der Waals surface area contributed by atoms with E-state index in [-0.39, 0.29) is 30.2 Å². The summed E-state index contributed by atoms with van der Waals surface area (Å²) in [5.74, 6) is -1.96. The molecule has 3 rings (SSSR count). The molecule has 0 radical (unpaired) electrons. The number of carbonyl (C=O) groups is 2. The number of aliphatic hydroxyl groups is 2. The molecule has 2 N–H and O–H groups in total. The minimum absolute atomic E-state index is 0.0387. The van der Waals surface area contributed by atoms with Crippen LogP contribution in [0.4, 0.5) is 0 Å². The van der Waals surface area contributed by atoms with Gasteiger partial charge in [0.15, 0.2) is 18.9 Å². The molecule has 7 nitrogen and oxygen atoms in total. The van der Waals surface area contributed by atoms with Crippen LogP contribution in [0.1, 0.15) is 13.8 Å². The molecule has 4 atom stereocenters. The van der Waals surface area contributed by atoms with E-state index in [9.17, 15) is 19.8 Å². The van der Waals surface area contributed by atoms with E-state index in [1.54, 1.807) is 6.92 Å². The lowest BCUT2D eigenvalue weighted by molar-refractivity contribution is -0.698. The van der Waals surface area contributed by atoms with Gasteiger partial charge in [0.05, 0.1) is 29.7 Å². The van der Waals surface area contributed by atoms with Gasteiger partial charge in [-0.3, -0.25) is 4.79 Å². The number of nitrogens with zero attached hydrogens (tertiary/aromatic N) is 2. The zero-order valence-corrected chi connectivity index (χ0v) is 15.5. The maximum atomic E-state index is 12.3. The zero-order chi connectivity index (χ0) is 19.0. The highest BCUT2D eigenvalue weighted by molar-refractivity contribution is 7.99. The molecule has 0 spiro atoms. The number of fused-ring (bicyclic) bond motifs is 1. The Kier molecular flexibility index (Phi) is 5.36. The molecule has 0 unspecified atom stereocenters. The lowest BCUT2D eigenvalue weighted by Crippen LogP contribution is -2.64. The zero-order valence-electron chi connectivity index (χ0n) is 14.7. The van der Waals surface area contributed by atoms with E-state index in [0.29, 0.717) is 17.9 Å². The van der Waals surface area contributed by atoms with Crippen molar-refractivity contribution in [2.75, 3.05) is 12.4 Å². The van der Waals surface area contributed by atoms with Crippen LogP contribution >= 0.6 is 11.8 Å². The van der Waals surface area contributed by atoms with Crippen molar-refractivity contribution in [3.05, 3.63) is 35.8 Å². The SMILES string of the molecule is C[C@@H](O)[C@H]1C(=O)N2C(C(=O)[O-])=C(CSc3cc[n+](CCO)cc3)[C@H](C)[C@H]12. The number of carbonyl (C=O) groups excluding carboxylic acids is 2. The first-order valence-corrected chi connectivity index (χ1v) is 9.53. The summed E-state index contributed by atoms with van der Waals surface area (Å²) in [5.41, 5.74) is 0.631. The minimum atomic E-state index is -1.35. The van der Waals surface area contributed by atoms with Gasteiger partial charge in [-0.1, -0.05) is 6.92 Å². The second-order valence-corrected chi connectivity index (χ2v) is 7.75. The Morgan fingerprint density at radius 1 is 1.42 bits per heavy atom. The fourth-order valence-corrected chi connectivity index (χ4v) is 4.82. The van der Waals surface area contributed by atoms with Gasteiger partial charge in [0.2, 0.25) is 5.91 Å². The second-order valence-electron chi connectivity index (χ2n) is 6.70. The van der Waals surface area contributed by atoms with Crippen LogP contribution in [0.15, 0.2) is 40.7 Å². The Labute approximate surface area is 155 Å².